The fourth-order valence-corrected chi connectivity index (χ4v) is 1.75. The molecule has 8 nitrogen and oxygen atoms in total. The van der Waals surface area contributed by atoms with E-state index in [0.717, 1.165) is 6.26 Å². The van der Waals surface area contributed by atoms with Crippen LogP contribution in [0, 0.1) is 0 Å². The molecule has 0 aliphatic heterocycles. The summed E-state index contributed by atoms with van der Waals surface area (Å²) in [5.74, 6) is -0.151. The summed E-state index contributed by atoms with van der Waals surface area (Å²) in [5.41, 5.74) is 6.01. The number of carbonyl (C=O) groups is 1. The monoisotopic (exact) mass is 288 g/mol. The van der Waals surface area contributed by atoms with Gasteiger partial charge in [-0.1, -0.05) is 0 Å². The lowest BCUT2D eigenvalue weighted by Crippen LogP contribution is -2.27. The molecule has 0 radical (unpaired) electrons. The van der Waals surface area contributed by atoms with Crippen molar-refractivity contribution in [3.8, 4) is 0 Å². The van der Waals surface area contributed by atoms with E-state index in [-0.39, 0.29) is 17.8 Å². The van der Waals surface area contributed by atoms with E-state index in [1.165, 1.54) is 19.4 Å². The average molecular weight is 288 g/mol. The minimum atomic E-state index is -3.22. The number of anilines is 2. The summed E-state index contributed by atoms with van der Waals surface area (Å²) in [6, 6.07) is 1.45. The highest BCUT2D eigenvalue weighted by Gasteiger charge is 2.11. The smallest absolute Gasteiger partial charge is 0.340 e. The van der Waals surface area contributed by atoms with E-state index in [1.54, 1.807) is 0 Å². The van der Waals surface area contributed by atoms with E-state index < -0.39 is 16.0 Å². The van der Waals surface area contributed by atoms with Gasteiger partial charge in [0.2, 0.25) is 10.0 Å². The largest absolute Gasteiger partial charge is 0.465 e. The molecule has 0 spiro atoms. The van der Waals surface area contributed by atoms with Crippen LogP contribution in [0.2, 0.25) is 0 Å². The van der Waals surface area contributed by atoms with Gasteiger partial charge in [0, 0.05) is 13.1 Å². The summed E-state index contributed by atoms with van der Waals surface area (Å²) in [5, 5.41) is 2.86. The molecule has 0 atom stereocenters. The Balaban J connectivity index is 2.62. The molecule has 0 unspecified atom stereocenters. The van der Waals surface area contributed by atoms with Crippen LogP contribution in [0.15, 0.2) is 12.3 Å². The summed E-state index contributed by atoms with van der Waals surface area (Å²) >= 11 is 0. The molecule has 19 heavy (non-hydrogen) atoms. The standard InChI is InChI=1S/C10H16N4O4S/c1-18-10(15)7-5-9(13-6-8(7)11)12-3-4-14-19(2,16)17/h5-6,14H,3-4,11H2,1-2H3,(H,12,13). The summed E-state index contributed by atoms with van der Waals surface area (Å²) in [7, 11) is -1.96. The quantitative estimate of drug-likeness (QED) is 0.472. The molecule has 1 aromatic rings. The molecule has 0 aliphatic rings. The third-order valence-electron chi connectivity index (χ3n) is 2.14. The Morgan fingerprint density at radius 3 is 2.74 bits per heavy atom. The SMILES string of the molecule is COC(=O)c1cc(NCCNS(C)(=O)=O)ncc1N. The minimum absolute atomic E-state index is 0.205. The van der Waals surface area contributed by atoms with Gasteiger partial charge in [0.1, 0.15) is 5.82 Å². The number of nitrogens with one attached hydrogen (secondary N) is 2. The molecule has 0 aromatic carbocycles. The number of aromatic nitrogens is 1. The molecule has 0 saturated carbocycles. The molecule has 106 valence electrons. The van der Waals surface area contributed by atoms with Crippen LogP contribution in [0.25, 0.3) is 0 Å². The number of esters is 1. The number of carbonyl (C=O) groups excluding carboxylic acids is 1. The zero-order chi connectivity index (χ0) is 14.5. The van der Waals surface area contributed by atoms with Crippen LogP contribution in [0.4, 0.5) is 11.5 Å². The maximum absolute atomic E-state index is 11.4. The Labute approximate surface area is 111 Å². The summed E-state index contributed by atoms with van der Waals surface area (Å²) in [4.78, 5) is 15.4. The molecule has 0 amide bonds. The second-order valence-electron chi connectivity index (χ2n) is 3.74. The van der Waals surface area contributed by atoms with Crippen molar-refractivity contribution in [2.24, 2.45) is 0 Å². The average Bonchev–Trinajstić information content (AvgIpc) is 2.34. The number of sulfonamides is 1. The molecular weight excluding hydrogens is 272 g/mol. The Bertz CT molecular complexity index is 559. The first-order valence-corrected chi connectivity index (χ1v) is 7.25. The first kappa shape index (κ1) is 15.2. The Hall–Kier alpha value is -1.87. The van der Waals surface area contributed by atoms with Gasteiger partial charge in [-0.3, -0.25) is 0 Å². The lowest BCUT2D eigenvalue weighted by Gasteiger charge is -2.08. The number of pyridine rings is 1. The Morgan fingerprint density at radius 1 is 1.47 bits per heavy atom. The lowest BCUT2D eigenvalue weighted by atomic mass is 10.2. The van der Waals surface area contributed by atoms with Gasteiger partial charge in [-0.05, 0) is 6.07 Å². The van der Waals surface area contributed by atoms with Gasteiger partial charge in [0.15, 0.2) is 0 Å². The number of hydrogen-bond acceptors (Lipinski definition) is 7. The van der Waals surface area contributed by atoms with E-state index >= 15 is 0 Å². The van der Waals surface area contributed by atoms with E-state index in [4.69, 9.17) is 5.73 Å². The van der Waals surface area contributed by atoms with Gasteiger partial charge in [-0.2, -0.15) is 0 Å². The molecular formula is C10H16N4O4S. The van der Waals surface area contributed by atoms with E-state index in [0.29, 0.717) is 12.4 Å². The minimum Gasteiger partial charge on any atom is -0.465 e. The van der Waals surface area contributed by atoms with Crippen molar-refractivity contribution in [2.45, 2.75) is 0 Å². The van der Waals surface area contributed by atoms with Crippen molar-refractivity contribution < 1.29 is 17.9 Å². The van der Waals surface area contributed by atoms with Crippen molar-refractivity contribution in [3.63, 3.8) is 0 Å². The van der Waals surface area contributed by atoms with Gasteiger partial charge < -0.3 is 15.8 Å². The van der Waals surface area contributed by atoms with Crippen molar-refractivity contribution in [1.29, 1.82) is 0 Å². The van der Waals surface area contributed by atoms with Crippen molar-refractivity contribution in [2.75, 3.05) is 37.5 Å². The zero-order valence-corrected chi connectivity index (χ0v) is 11.5. The summed E-state index contributed by atoms with van der Waals surface area (Å²) < 4.78 is 28.6. The molecule has 0 aliphatic carbocycles. The van der Waals surface area contributed by atoms with Gasteiger partial charge in [0.25, 0.3) is 0 Å². The number of hydrogen-bond donors (Lipinski definition) is 3. The van der Waals surface area contributed by atoms with Gasteiger partial charge >= 0.3 is 5.97 Å². The second-order valence-corrected chi connectivity index (χ2v) is 5.57. The third-order valence-corrected chi connectivity index (χ3v) is 2.86. The number of methoxy groups -OCH3 is 1. The maximum Gasteiger partial charge on any atom is 0.340 e. The van der Waals surface area contributed by atoms with Gasteiger partial charge in [-0.25, -0.2) is 22.9 Å². The molecule has 1 aromatic heterocycles. The molecule has 4 N–H and O–H groups in total. The van der Waals surface area contributed by atoms with Crippen LogP contribution in [0.1, 0.15) is 10.4 Å². The van der Waals surface area contributed by atoms with Crippen LogP contribution in [-0.4, -0.2) is 45.8 Å². The van der Waals surface area contributed by atoms with Crippen LogP contribution < -0.4 is 15.8 Å². The molecule has 0 bridgehead atoms. The van der Waals surface area contributed by atoms with Crippen LogP contribution in [0.5, 0.6) is 0 Å². The highest BCUT2D eigenvalue weighted by atomic mass is 32.2. The second kappa shape index (κ2) is 6.34. The first-order valence-electron chi connectivity index (χ1n) is 5.36. The molecule has 9 heteroatoms. The van der Waals surface area contributed by atoms with Crippen molar-refractivity contribution in [3.05, 3.63) is 17.8 Å². The zero-order valence-electron chi connectivity index (χ0n) is 10.6. The molecule has 0 fully saturated rings. The number of nitrogen functional groups attached to an aromatic ring is 1. The van der Waals surface area contributed by atoms with Crippen molar-refractivity contribution in [1.82, 2.24) is 9.71 Å². The lowest BCUT2D eigenvalue weighted by molar-refractivity contribution is 0.0602. The third kappa shape index (κ3) is 5.10. The van der Waals surface area contributed by atoms with E-state index in [2.05, 4.69) is 19.8 Å². The van der Waals surface area contributed by atoms with Gasteiger partial charge in [0.05, 0.1) is 30.8 Å². The van der Waals surface area contributed by atoms with Crippen LogP contribution in [-0.2, 0) is 14.8 Å². The van der Waals surface area contributed by atoms with E-state index in [1.807, 2.05) is 0 Å². The molecule has 1 heterocycles. The topological polar surface area (TPSA) is 123 Å². The maximum atomic E-state index is 11.4. The van der Waals surface area contributed by atoms with E-state index in [9.17, 15) is 13.2 Å². The normalized spacial score (nSPS) is 11.1. The number of rotatable bonds is 6. The molecule has 0 saturated heterocycles. The highest BCUT2D eigenvalue weighted by molar-refractivity contribution is 7.88. The molecule has 1 rings (SSSR count). The number of nitrogens with zero attached hydrogens (tertiary/aromatic N) is 1. The summed E-state index contributed by atoms with van der Waals surface area (Å²) in [6.45, 7) is 0.531. The van der Waals surface area contributed by atoms with Gasteiger partial charge in [-0.15, -0.1) is 0 Å². The Kier molecular flexibility index (Phi) is 5.07. The number of ether oxygens (including phenoxy) is 1. The Morgan fingerprint density at radius 2 is 2.16 bits per heavy atom. The predicted molar refractivity (Wildman–Crippen MR) is 71.3 cm³/mol. The van der Waals surface area contributed by atoms with Crippen LogP contribution in [0.3, 0.4) is 0 Å². The van der Waals surface area contributed by atoms with Crippen LogP contribution >= 0.6 is 0 Å². The highest BCUT2D eigenvalue weighted by Crippen LogP contribution is 2.15. The van der Waals surface area contributed by atoms with Crippen molar-refractivity contribution >= 4 is 27.5 Å². The predicted octanol–water partition coefficient (Wildman–Crippen LogP) is -0.588. The number of nitrogens with two attached hydrogens (primary N) is 1. The first-order chi connectivity index (χ1) is 8.83. The fraction of sp³-hybridized carbons (Fsp3) is 0.400. The fourth-order valence-electron chi connectivity index (χ4n) is 1.28. The summed E-state index contributed by atoms with van der Waals surface area (Å²) in [6.07, 6.45) is 2.41.